The van der Waals surface area contributed by atoms with Crippen molar-refractivity contribution in [3.8, 4) is 0 Å². The molecule has 1 aliphatic rings. The van der Waals surface area contributed by atoms with Crippen LogP contribution in [0.25, 0.3) is 0 Å². The Morgan fingerprint density at radius 3 is 2.32 bits per heavy atom. The number of nitrogens with one attached hydrogen (secondary N) is 1. The van der Waals surface area contributed by atoms with Gasteiger partial charge in [-0.15, -0.1) is 0 Å². The summed E-state index contributed by atoms with van der Waals surface area (Å²) in [5, 5.41) is 12.0. The van der Waals surface area contributed by atoms with E-state index in [1.807, 2.05) is 13.0 Å². The van der Waals surface area contributed by atoms with Crippen LogP contribution in [0.5, 0.6) is 0 Å². The van der Waals surface area contributed by atoms with Gasteiger partial charge < -0.3 is 10.4 Å². The first-order valence-corrected chi connectivity index (χ1v) is 7.19. The molecule has 0 saturated heterocycles. The third-order valence-corrected chi connectivity index (χ3v) is 3.96. The molecule has 0 aliphatic heterocycles. The SMILES string of the molecule is CC(=O)c1ccc(NC(=O)[C@@H]2CC(C)=CC[C@H]2C(=O)O)cc1. The van der Waals surface area contributed by atoms with E-state index in [1.165, 1.54) is 6.92 Å². The van der Waals surface area contributed by atoms with Gasteiger partial charge in [-0.05, 0) is 51.0 Å². The van der Waals surface area contributed by atoms with E-state index in [-0.39, 0.29) is 11.7 Å². The molecule has 2 atom stereocenters. The Kier molecular flexibility index (Phi) is 4.75. The topological polar surface area (TPSA) is 83.5 Å². The van der Waals surface area contributed by atoms with Crippen LogP contribution in [-0.2, 0) is 9.59 Å². The van der Waals surface area contributed by atoms with Crippen molar-refractivity contribution in [2.24, 2.45) is 11.8 Å². The summed E-state index contributed by atoms with van der Waals surface area (Å²) in [5.74, 6) is -2.56. The zero-order valence-corrected chi connectivity index (χ0v) is 12.6. The lowest BCUT2D eigenvalue weighted by Gasteiger charge is -2.26. The third-order valence-electron chi connectivity index (χ3n) is 3.96. The molecule has 0 unspecified atom stereocenters. The summed E-state index contributed by atoms with van der Waals surface area (Å²) in [7, 11) is 0. The number of anilines is 1. The van der Waals surface area contributed by atoms with Crippen LogP contribution in [0.2, 0.25) is 0 Å². The number of carbonyl (C=O) groups excluding carboxylic acids is 2. The maximum Gasteiger partial charge on any atom is 0.307 e. The minimum Gasteiger partial charge on any atom is -0.481 e. The minimum atomic E-state index is -0.948. The van der Waals surface area contributed by atoms with Crippen LogP contribution in [0.4, 0.5) is 5.69 Å². The number of ketones is 1. The van der Waals surface area contributed by atoms with Gasteiger partial charge in [0.05, 0.1) is 11.8 Å². The number of carboxylic acid groups (broad SMARTS) is 1. The molecular formula is C17H19NO4. The number of aliphatic carboxylic acids is 1. The predicted octanol–water partition coefficient (Wildman–Crippen LogP) is 2.88. The molecule has 5 nitrogen and oxygen atoms in total. The van der Waals surface area contributed by atoms with Crippen LogP contribution in [0.15, 0.2) is 35.9 Å². The van der Waals surface area contributed by atoms with Gasteiger partial charge in [-0.2, -0.15) is 0 Å². The molecule has 0 saturated carbocycles. The number of amides is 1. The summed E-state index contributed by atoms with van der Waals surface area (Å²) >= 11 is 0. The van der Waals surface area contributed by atoms with Gasteiger partial charge in [0.1, 0.15) is 0 Å². The van der Waals surface area contributed by atoms with Gasteiger partial charge in [-0.25, -0.2) is 0 Å². The van der Waals surface area contributed by atoms with E-state index in [0.717, 1.165) is 5.57 Å². The summed E-state index contributed by atoms with van der Waals surface area (Å²) < 4.78 is 0. The highest BCUT2D eigenvalue weighted by atomic mass is 16.4. The minimum absolute atomic E-state index is 0.0446. The lowest BCUT2D eigenvalue weighted by molar-refractivity contribution is -0.146. The maximum atomic E-state index is 12.4. The highest BCUT2D eigenvalue weighted by Gasteiger charge is 2.35. The lowest BCUT2D eigenvalue weighted by Crippen LogP contribution is -2.35. The molecule has 1 aromatic rings. The number of rotatable bonds is 4. The van der Waals surface area contributed by atoms with Crippen LogP contribution in [0, 0.1) is 11.8 Å². The van der Waals surface area contributed by atoms with Crippen molar-refractivity contribution in [3.63, 3.8) is 0 Å². The summed E-state index contributed by atoms with van der Waals surface area (Å²) in [5.41, 5.74) is 2.16. The summed E-state index contributed by atoms with van der Waals surface area (Å²) in [6.45, 7) is 3.38. The molecule has 0 heterocycles. The number of hydrogen-bond donors (Lipinski definition) is 2. The molecule has 0 bridgehead atoms. The van der Waals surface area contributed by atoms with Crippen LogP contribution in [0.1, 0.15) is 37.0 Å². The monoisotopic (exact) mass is 301 g/mol. The predicted molar refractivity (Wildman–Crippen MR) is 82.7 cm³/mol. The van der Waals surface area contributed by atoms with Crippen molar-refractivity contribution in [3.05, 3.63) is 41.5 Å². The Bertz CT molecular complexity index is 631. The first-order valence-electron chi connectivity index (χ1n) is 7.19. The van der Waals surface area contributed by atoms with Crippen LogP contribution in [-0.4, -0.2) is 22.8 Å². The molecule has 116 valence electrons. The lowest BCUT2D eigenvalue weighted by atomic mass is 9.79. The fraction of sp³-hybridized carbons (Fsp3) is 0.353. The van der Waals surface area contributed by atoms with Gasteiger partial charge in [0.2, 0.25) is 5.91 Å². The summed E-state index contributed by atoms with van der Waals surface area (Å²) in [4.78, 5) is 34.9. The van der Waals surface area contributed by atoms with Crippen LogP contribution >= 0.6 is 0 Å². The second kappa shape index (κ2) is 6.56. The normalized spacial score (nSPS) is 20.9. The number of carbonyl (C=O) groups is 3. The van der Waals surface area contributed by atoms with Crippen molar-refractivity contribution in [1.29, 1.82) is 0 Å². The Morgan fingerprint density at radius 2 is 1.77 bits per heavy atom. The fourth-order valence-corrected chi connectivity index (χ4v) is 2.64. The molecule has 5 heteroatoms. The first-order chi connectivity index (χ1) is 10.4. The van der Waals surface area contributed by atoms with E-state index in [1.54, 1.807) is 24.3 Å². The Balaban J connectivity index is 2.11. The fourth-order valence-electron chi connectivity index (χ4n) is 2.64. The van der Waals surface area contributed by atoms with E-state index in [2.05, 4.69) is 5.32 Å². The molecule has 2 N–H and O–H groups in total. The molecule has 1 aromatic carbocycles. The highest BCUT2D eigenvalue weighted by Crippen LogP contribution is 2.31. The smallest absolute Gasteiger partial charge is 0.307 e. The highest BCUT2D eigenvalue weighted by molar-refractivity contribution is 5.97. The molecule has 22 heavy (non-hydrogen) atoms. The summed E-state index contributed by atoms with van der Waals surface area (Å²) in [6.07, 6.45) is 2.71. The number of hydrogen-bond acceptors (Lipinski definition) is 3. The van der Waals surface area contributed by atoms with Crippen LogP contribution < -0.4 is 5.32 Å². The largest absolute Gasteiger partial charge is 0.481 e. The molecule has 0 spiro atoms. The Morgan fingerprint density at radius 1 is 1.14 bits per heavy atom. The van der Waals surface area contributed by atoms with Crippen molar-refractivity contribution in [2.75, 3.05) is 5.32 Å². The molecule has 1 aliphatic carbocycles. The second-order valence-electron chi connectivity index (χ2n) is 5.66. The van der Waals surface area contributed by atoms with Gasteiger partial charge in [-0.1, -0.05) is 11.6 Å². The van der Waals surface area contributed by atoms with E-state index in [0.29, 0.717) is 24.1 Å². The van der Waals surface area contributed by atoms with E-state index in [9.17, 15) is 19.5 Å². The van der Waals surface area contributed by atoms with Crippen molar-refractivity contribution in [1.82, 2.24) is 0 Å². The maximum absolute atomic E-state index is 12.4. The van der Waals surface area contributed by atoms with Crippen molar-refractivity contribution >= 4 is 23.3 Å². The third kappa shape index (κ3) is 3.61. The standard InChI is InChI=1S/C17H19NO4/c1-10-3-8-14(17(21)22)15(9-10)16(20)18-13-6-4-12(5-7-13)11(2)19/h3-7,14-15H,8-9H2,1-2H3,(H,18,20)(H,21,22)/t14-,15-/m1/s1. The number of carboxylic acids is 1. The zero-order valence-electron chi connectivity index (χ0n) is 12.6. The van der Waals surface area contributed by atoms with Gasteiger partial charge in [0.25, 0.3) is 0 Å². The molecule has 0 fully saturated rings. The quantitative estimate of drug-likeness (QED) is 0.661. The molecular weight excluding hydrogens is 282 g/mol. The molecule has 0 radical (unpaired) electrons. The number of benzene rings is 1. The molecule has 1 amide bonds. The summed E-state index contributed by atoms with van der Waals surface area (Å²) in [6, 6.07) is 6.57. The average Bonchev–Trinajstić information content (AvgIpc) is 2.47. The van der Waals surface area contributed by atoms with Gasteiger partial charge in [0, 0.05) is 11.3 Å². The van der Waals surface area contributed by atoms with E-state index < -0.39 is 17.8 Å². The zero-order chi connectivity index (χ0) is 16.3. The Labute approximate surface area is 129 Å². The molecule has 2 rings (SSSR count). The number of allylic oxidation sites excluding steroid dienone is 2. The molecule has 0 aromatic heterocycles. The van der Waals surface area contributed by atoms with Gasteiger partial charge in [0.15, 0.2) is 5.78 Å². The van der Waals surface area contributed by atoms with Crippen molar-refractivity contribution < 1.29 is 19.5 Å². The van der Waals surface area contributed by atoms with Crippen molar-refractivity contribution in [2.45, 2.75) is 26.7 Å². The van der Waals surface area contributed by atoms with E-state index in [4.69, 9.17) is 0 Å². The second-order valence-corrected chi connectivity index (χ2v) is 5.66. The van der Waals surface area contributed by atoms with Gasteiger partial charge >= 0.3 is 5.97 Å². The number of Topliss-reactive ketones (excluding diaryl/α,β-unsaturated/α-hetero) is 1. The first kappa shape index (κ1) is 15.9. The average molecular weight is 301 g/mol. The van der Waals surface area contributed by atoms with E-state index >= 15 is 0 Å². The van der Waals surface area contributed by atoms with Crippen LogP contribution in [0.3, 0.4) is 0 Å². The van der Waals surface area contributed by atoms with Gasteiger partial charge in [-0.3, -0.25) is 14.4 Å². The Hall–Kier alpha value is -2.43.